The van der Waals surface area contributed by atoms with E-state index in [0.29, 0.717) is 6.42 Å². The van der Waals surface area contributed by atoms with Gasteiger partial charge in [-0.15, -0.1) is 0 Å². The van der Waals surface area contributed by atoms with Crippen molar-refractivity contribution in [3.8, 4) is 0 Å². The number of amides is 4. The van der Waals surface area contributed by atoms with Crippen LogP contribution in [0.2, 0.25) is 0 Å². The molecule has 5 unspecified atom stereocenters. The number of carbonyl (C=O) groups is 5. The van der Waals surface area contributed by atoms with Crippen molar-refractivity contribution < 1.29 is 29.1 Å². The van der Waals surface area contributed by atoms with Gasteiger partial charge in [-0.3, -0.25) is 19.2 Å². The summed E-state index contributed by atoms with van der Waals surface area (Å²) in [5, 5.41) is 16.7. The summed E-state index contributed by atoms with van der Waals surface area (Å²) in [6, 6.07) is 4.28. The Hall–Kier alpha value is -3.12. The highest BCUT2D eigenvalue weighted by Gasteiger charge is 2.33. The van der Waals surface area contributed by atoms with E-state index < -0.39 is 60.2 Å². The molecule has 0 spiro atoms. The third-order valence-corrected chi connectivity index (χ3v) is 5.66. The Labute approximate surface area is 203 Å². The Morgan fingerprint density at radius 1 is 0.971 bits per heavy atom. The highest BCUT2D eigenvalue weighted by atomic mass is 32.1. The number of hydrogen-bond acceptors (Lipinski definition) is 7. The summed E-state index contributed by atoms with van der Waals surface area (Å²) in [5.41, 5.74) is 11.6. The zero-order valence-corrected chi connectivity index (χ0v) is 20.1. The molecule has 0 saturated carbocycles. The summed E-state index contributed by atoms with van der Waals surface area (Å²) in [5.74, 6) is -4.67. The molecule has 0 aliphatic heterocycles. The summed E-state index contributed by atoms with van der Waals surface area (Å²) in [7, 11) is 0. The van der Waals surface area contributed by atoms with Crippen LogP contribution in [0.15, 0.2) is 30.3 Å². The number of aliphatic carboxylic acids is 1. The van der Waals surface area contributed by atoms with Crippen LogP contribution in [-0.2, 0) is 30.4 Å². The van der Waals surface area contributed by atoms with Gasteiger partial charge in [-0.25, -0.2) is 4.79 Å². The number of nitrogens with two attached hydrogens (primary N) is 2. The molecule has 12 heteroatoms. The lowest BCUT2D eigenvalue weighted by molar-refractivity contribution is -0.144. The van der Waals surface area contributed by atoms with Crippen LogP contribution < -0.4 is 27.4 Å². The first-order valence-corrected chi connectivity index (χ1v) is 11.5. The summed E-state index contributed by atoms with van der Waals surface area (Å²) >= 11 is 4.00. The van der Waals surface area contributed by atoms with Crippen LogP contribution in [0.25, 0.3) is 0 Å². The van der Waals surface area contributed by atoms with E-state index in [4.69, 9.17) is 11.5 Å². The second-order valence-electron chi connectivity index (χ2n) is 7.98. The summed E-state index contributed by atoms with van der Waals surface area (Å²) < 4.78 is 0. The third-order valence-electron chi connectivity index (χ3n) is 5.26. The fourth-order valence-electron chi connectivity index (χ4n) is 3.04. The van der Waals surface area contributed by atoms with Crippen molar-refractivity contribution in [1.29, 1.82) is 0 Å². The Morgan fingerprint density at radius 2 is 1.56 bits per heavy atom. The number of carboxylic acid groups (broad SMARTS) is 1. The van der Waals surface area contributed by atoms with Gasteiger partial charge in [-0.05, 0) is 11.5 Å². The Morgan fingerprint density at radius 3 is 2.06 bits per heavy atom. The Kier molecular flexibility index (Phi) is 12.1. The number of carboxylic acids is 1. The first-order chi connectivity index (χ1) is 16.0. The third kappa shape index (κ3) is 9.40. The van der Waals surface area contributed by atoms with Gasteiger partial charge in [0.25, 0.3) is 0 Å². The fraction of sp³-hybridized carbons (Fsp3) is 0.500. The van der Waals surface area contributed by atoms with Gasteiger partial charge >= 0.3 is 5.97 Å². The van der Waals surface area contributed by atoms with Crippen LogP contribution in [0.1, 0.15) is 32.3 Å². The maximum absolute atomic E-state index is 13.2. The van der Waals surface area contributed by atoms with E-state index in [0.717, 1.165) is 5.56 Å². The van der Waals surface area contributed by atoms with E-state index >= 15 is 0 Å². The van der Waals surface area contributed by atoms with Crippen LogP contribution in [0, 0.1) is 5.92 Å². The molecule has 1 rings (SSSR count). The molecule has 5 atom stereocenters. The number of hydrogen-bond donors (Lipinski definition) is 7. The quantitative estimate of drug-likeness (QED) is 0.160. The van der Waals surface area contributed by atoms with Gasteiger partial charge in [0.2, 0.25) is 23.6 Å². The van der Waals surface area contributed by atoms with Gasteiger partial charge in [0, 0.05) is 12.2 Å². The highest BCUT2D eigenvalue weighted by Crippen LogP contribution is 2.11. The zero-order valence-electron chi connectivity index (χ0n) is 19.2. The molecule has 0 heterocycles. The molecule has 11 nitrogen and oxygen atoms in total. The molecule has 0 aliphatic rings. The SMILES string of the molecule is CCC(C)C(NC(=O)C(Cc1ccccc1)NC(=O)C(N)CS)C(=O)NC(CC(N)=O)C(=O)O. The monoisotopic (exact) mass is 495 g/mol. The zero-order chi connectivity index (χ0) is 25.8. The van der Waals surface area contributed by atoms with E-state index in [1.807, 2.05) is 6.07 Å². The summed E-state index contributed by atoms with van der Waals surface area (Å²) in [4.78, 5) is 61.0. The van der Waals surface area contributed by atoms with E-state index in [-0.39, 0.29) is 18.1 Å². The number of thiol groups is 1. The maximum Gasteiger partial charge on any atom is 0.326 e. The van der Waals surface area contributed by atoms with Crippen molar-refractivity contribution in [1.82, 2.24) is 16.0 Å². The molecule has 0 fully saturated rings. The molecular weight excluding hydrogens is 462 g/mol. The average molecular weight is 496 g/mol. The molecule has 0 aromatic heterocycles. The van der Waals surface area contributed by atoms with Crippen molar-refractivity contribution in [2.75, 3.05) is 5.75 Å². The largest absolute Gasteiger partial charge is 0.480 e. The van der Waals surface area contributed by atoms with Gasteiger partial charge < -0.3 is 32.5 Å². The second kappa shape index (κ2) is 14.2. The van der Waals surface area contributed by atoms with Crippen LogP contribution in [-0.4, -0.2) is 64.6 Å². The van der Waals surface area contributed by atoms with Crippen LogP contribution in [0.3, 0.4) is 0 Å². The lowest BCUT2D eigenvalue weighted by Gasteiger charge is -2.28. The maximum atomic E-state index is 13.2. The molecule has 0 aliphatic carbocycles. The number of primary amides is 1. The van der Waals surface area contributed by atoms with Gasteiger partial charge in [0.05, 0.1) is 12.5 Å². The highest BCUT2D eigenvalue weighted by molar-refractivity contribution is 7.80. The molecule has 1 aromatic carbocycles. The van der Waals surface area contributed by atoms with Crippen LogP contribution in [0.4, 0.5) is 0 Å². The van der Waals surface area contributed by atoms with Gasteiger partial charge in [-0.2, -0.15) is 12.6 Å². The topological polar surface area (TPSA) is 194 Å². The molecule has 0 saturated heterocycles. The number of rotatable bonds is 14. The summed E-state index contributed by atoms with van der Waals surface area (Å²) in [6.07, 6.45) is 0.00862. The minimum atomic E-state index is -1.54. The number of nitrogens with one attached hydrogen (secondary N) is 3. The van der Waals surface area contributed by atoms with E-state index in [2.05, 4.69) is 28.6 Å². The number of benzene rings is 1. The van der Waals surface area contributed by atoms with Gasteiger partial charge in [0.15, 0.2) is 0 Å². The lowest BCUT2D eigenvalue weighted by Crippen LogP contribution is -2.59. The predicted molar refractivity (Wildman–Crippen MR) is 129 cm³/mol. The first-order valence-electron chi connectivity index (χ1n) is 10.8. The molecule has 4 amide bonds. The van der Waals surface area contributed by atoms with Crippen molar-refractivity contribution >= 4 is 42.2 Å². The van der Waals surface area contributed by atoms with Crippen molar-refractivity contribution in [3.63, 3.8) is 0 Å². The molecule has 8 N–H and O–H groups in total. The average Bonchev–Trinajstić information content (AvgIpc) is 2.80. The molecule has 0 bridgehead atoms. The second-order valence-corrected chi connectivity index (χ2v) is 8.35. The lowest BCUT2D eigenvalue weighted by atomic mass is 9.96. The minimum absolute atomic E-state index is 0.0693. The Bertz CT molecular complexity index is 869. The Balaban J connectivity index is 3.11. The van der Waals surface area contributed by atoms with E-state index in [1.165, 1.54) is 0 Å². The molecular formula is C22H33N5O6S. The minimum Gasteiger partial charge on any atom is -0.480 e. The number of carbonyl (C=O) groups excluding carboxylic acids is 4. The van der Waals surface area contributed by atoms with E-state index in [1.54, 1.807) is 38.1 Å². The fourth-order valence-corrected chi connectivity index (χ4v) is 3.21. The first kappa shape index (κ1) is 28.9. The smallest absolute Gasteiger partial charge is 0.326 e. The molecule has 0 radical (unpaired) electrons. The van der Waals surface area contributed by atoms with Crippen molar-refractivity contribution in [3.05, 3.63) is 35.9 Å². The van der Waals surface area contributed by atoms with Gasteiger partial charge in [-0.1, -0.05) is 50.6 Å². The van der Waals surface area contributed by atoms with Gasteiger partial charge in [0.1, 0.15) is 18.1 Å². The van der Waals surface area contributed by atoms with Crippen molar-refractivity contribution in [2.45, 2.75) is 57.3 Å². The van der Waals surface area contributed by atoms with Crippen LogP contribution >= 0.6 is 12.6 Å². The summed E-state index contributed by atoms with van der Waals surface area (Å²) in [6.45, 7) is 3.50. The normalized spacial score (nSPS) is 15.2. The standard InChI is InChI=1S/C22H33N5O6S/c1-3-12(2)18(21(31)26-16(22(32)33)10-17(24)28)27-20(30)15(25-19(29)14(23)11-34)9-13-7-5-4-6-8-13/h4-8,12,14-16,18,34H,3,9-11,23H2,1-2H3,(H2,24,28)(H,25,29)(H,26,31)(H,27,30)(H,32,33). The van der Waals surface area contributed by atoms with Crippen LogP contribution in [0.5, 0.6) is 0 Å². The molecule has 34 heavy (non-hydrogen) atoms. The molecule has 188 valence electrons. The van der Waals surface area contributed by atoms with E-state index in [9.17, 15) is 29.1 Å². The molecule has 1 aromatic rings. The predicted octanol–water partition coefficient (Wildman–Crippen LogP) is -1.05. The van der Waals surface area contributed by atoms with Crippen molar-refractivity contribution in [2.24, 2.45) is 17.4 Å².